The number of Topliss-reactive ketones (excluding diaryl/α,β-unsaturated/α-hetero) is 1. The second-order valence-electron chi connectivity index (χ2n) is 7.79. The van der Waals surface area contributed by atoms with Gasteiger partial charge in [0.05, 0.1) is 0 Å². The van der Waals surface area contributed by atoms with Gasteiger partial charge in [0.25, 0.3) is 0 Å². The van der Waals surface area contributed by atoms with Crippen molar-refractivity contribution in [2.24, 2.45) is 0 Å². The maximum absolute atomic E-state index is 12.7. The Balaban J connectivity index is 1.40. The standard InChI is InChI=1S/C27H24Cl2O/c28-23-11-15-26(19-5-1-2-6-19)21(17-23)9-13-25(30)14-10-22-18-24(29)12-16-27(22)20-7-3-4-8-20/h1-5,7,11-12,15-18H,6,8-10,13-14H2. The summed E-state index contributed by atoms with van der Waals surface area (Å²) >= 11 is 12.5. The zero-order valence-corrected chi connectivity index (χ0v) is 18.3. The highest BCUT2D eigenvalue weighted by Crippen LogP contribution is 2.31. The van der Waals surface area contributed by atoms with Gasteiger partial charge in [-0.15, -0.1) is 0 Å². The van der Waals surface area contributed by atoms with Crippen LogP contribution in [-0.2, 0) is 17.6 Å². The minimum atomic E-state index is 0.268. The number of ketones is 1. The molecule has 0 atom stereocenters. The van der Waals surface area contributed by atoms with Crippen LogP contribution in [0.4, 0.5) is 0 Å². The first-order chi connectivity index (χ1) is 14.6. The van der Waals surface area contributed by atoms with Gasteiger partial charge in [-0.3, -0.25) is 4.79 Å². The van der Waals surface area contributed by atoms with Crippen LogP contribution < -0.4 is 0 Å². The number of halogens is 2. The first-order valence-electron chi connectivity index (χ1n) is 10.4. The van der Waals surface area contributed by atoms with E-state index in [9.17, 15) is 4.79 Å². The van der Waals surface area contributed by atoms with Crippen molar-refractivity contribution in [3.63, 3.8) is 0 Å². The largest absolute Gasteiger partial charge is 0.300 e. The van der Waals surface area contributed by atoms with E-state index in [-0.39, 0.29) is 5.78 Å². The normalized spacial score (nSPS) is 14.9. The van der Waals surface area contributed by atoms with E-state index < -0.39 is 0 Å². The fourth-order valence-corrected chi connectivity index (χ4v) is 4.52. The van der Waals surface area contributed by atoms with Crippen LogP contribution in [0.1, 0.15) is 47.9 Å². The molecule has 1 nitrogen and oxygen atoms in total. The lowest BCUT2D eigenvalue weighted by atomic mass is 9.93. The molecule has 0 unspecified atom stereocenters. The van der Waals surface area contributed by atoms with Crippen LogP contribution in [0.5, 0.6) is 0 Å². The Morgan fingerprint density at radius 1 is 0.733 bits per heavy atom. The van der Waals surface area contributed by atoms with E-state index in [1.54, 1.807) is 0 Å². The zero-order valence-electron chi connectivity index (χ0n) is 16.8. The lowest BCUT2D eigenvalue weighted by molar-refractivity contribution is -0.119. The topological polar surface area (TPSA) is 17.1 Å². The molecular weight excluding hydrogens is 411 g/mol. The van der Waals surface area contributed by atoms with Gasteiger partial charge in [-0.05, 0) is 83.3 Å². The van der Waals surface area contributed by atoms with Gasteiger partial charge in [-0.1, -0.05) is 71.8 Å². The lowest BCUT2D eigenvalue weighted by Crippen LogP contribution is -2.05. The van der Waals surface area contributed by atoms with Crippen molar-refractivity contribution in [3.8, 4) is 0 Å². The van der Waals surface area contributed by atoms with Gasteiger partial charge in [-0.2, -0.15) is 0 Å². The van der Waals surface area contributed by atoms with Crippen LogP contribution in [0.2, 0.25) is 10.0 Å². The van der Waals surface area contributed by atoms with Gasteiger partial charge in [0.2, 0.25) is 0 Å². The van der Waals surface area contributed by atoms with Crippen LogP contribution >= 0.6 is 23.2 Å². The van der Waals surface area contributed by atoms with E-state index in [2.05, 4.69) is 48.6 Å². The van der Waals surface area contributed by atoms with Crippen molar-refractivity contribution in [2.45, 2.75) is 38.5 Å². The number of aryl methyl sites for hydroxylation is 2. The quantitative estimate of drug-likeness (QED) is 0.413. The van der Waals surface area contributed by atoms with Gasteiger partial charge in [-0.25, -0.2) is 0 Å². The molecule has 2 aliphatic rings. The first kappa shape index (κ1) is 20.9. The molecular formula is C27H24Cl2O. The Bertz CT molecular complexity index is 1000. The Morgan fingerprint density at radius 3 is 1.60 bits per heavy atom. The summed E-state index contributed by atoms with van der Waals surface area (Å²) in [7, 11) is 0. The second kappa shape index (κ2) is 9.64. The molecule has 152 valence electrons. The van der Waals surface area contributed by atoms with E-state index in [1.807, 2.05) is 24.3 Å². The SMILES string of the molecule is O=C(CCc1cc(Cl)ccc1C1=CC=CC1)CCc1cc(Cl)ccc1C1=CC=CC1. The molecule has 0 saturated carbocycles. The summed E-state index contributed by atoms with van der Waals surface area (Å²) < 4.78 is 0. The Morgan fingerprint density at radius 2 is 1.20 bits per heavy atom. The van der Waals surface area contributed by atoms with Gasteiger partial charge in [0.15, 0.2) is 0 Å². The summed E-state index contributed by atoms with van der Waals surface area (Å²) in [5.74, 6) is 0.268. The van der Waals surface area contributed by atoms with Crippen molar-refractivity contribution in [1.82, 2.24) is 0 Å². The number of hydrogen-bond donors (Lipinski definition) is 0. The number of carbonyl (C=O) groups is 1. The van der Waals surface area contributed by atoms with Crippen molar-refractivity contribution in [1.29, 1.82) is 0 Å². The van der Waals surface area contributed by atoms with E-state index in [0.29, 0.717) is 25.7 Å². The maximum atomic E-state index is 12.7. The summed E-state index contributed by atoms with van der Waals surface area (Å²) in [6.07, 6.45) is 17.1. The van der Waals surface area contributed by atoms with Gasteiger partial charge in [0.1, 0.15) is 5.78 Å². The Hall–Kier alpha value is -2.35. The molecule has 0 radical (unpaired) electrons. The molecule has 2 aliphatic carbocycles. The monoisotopic (exact) mass is 434 g/mol. The van der Waals surface area contributed by atoms with Gasteiger partial charge >= 0.3 is 0 Å². The molecule has 0 heterocycles. The molecule has 0 saturated heterocycles. The van der Waals surface area contributed by atoms with Crippen molar-refractivity contribution < 1.29 is 4.79 Å². The minimum Gasteiger partial charge on any atom is -0.300 e. The van der Waals surface area contributed by atoms with Crippen molar-refractivity contribution in [2.75, 3.05) is 0 Å². The number of hydrogen-bond acceptors (Lipinski definition) is 1. The summed E-state index contributed by atoms with van der Waals surface area (Å²) in [6.45, 7) is 0. The molecule has 3 heteroatoms. The van der Waals surface area contributed by atoms with Gasteiger partial charge < -0.3 is 0 Å². The zero-order chi connectivity index (χ0) is 20.9. The molecule has 2 aromatic carbocycles. The third kappa shape index (κ3) is 5.03. The lowest BCUT2D eigenvalue weighted by Gasteiger charge is -2.13. The molecule has 0 aromatic heterocycles. The van der Waals surface area contributed by atoms with Crippen LogP contribution in [0.25, 0.3) is 11.1 Å². The van der Waals surface area contributed by atoms with Crippen LogP contribution in [0.3, 0.4) is 0 Å². The summed E-state index contributed by atoms with van der Waals surface area (Å²) in [4.78, 5) is 12.7. The van der Waals surface area contributed by atoms with E-state index in [4.69, 9.17) is 23.2 Å². The first-order valence-corrected chi connectivity index (χ1v) is 11.2. The maximum Gasteiger partial charge on any atom is 0.133 e. The molecule has 2 aromatic rings. The van der Waals surface area contributed by atoms with Crippen molar-refractivity contribution >= 4 is 40.1 Å². The Labute approximate surface area is 188 Å². The third-order valence-corrected chi connectivity index (χ3v) is 6.19. The van der Waals surface area contributed by atoms with Crippen LogP contribution in [0, 0.1) is 0 Å². The average molecular weight is 435 g/mol. The molecule has 30 heavy (non-hydrogen) atoms. The molecule has 0 amide bonds. The number of allylic oxidation sites excluding steroid dienone is 8. The molecule has 0 fully saturated rings. The number of carbonyl (C=O) groups excluding carboxylic acids is 1. The summed E-state index contributed by atoms with van der Waals surface area (Å²) in [6, 6.07) is 12.0. The Kier molecular flexibility index (Phi) is 6.72. The molecule has 0 spiro atoms. The molecule has 0 aliphatic heterocycles. The van der Waals surface area contributed by atoms with Gasteiger partial charge in [0, 0.05) is 22.9 Å². The van der Waals surface area contributed by atoms with E-state index in [1.165, 1.54) is 22.3 Å². The fourth-order valence-electron chi connectivity index (χ4n) is 4.13. The number of rotatable bonds is 8. The molecule has 0 bridgehead atoms. The van der Waals surface area contributed by atoms with Crippen LogP contribution in [0.15, 0.2) is 72.9 Å². The summed E-state index contributed by atoms with van der Waals surface area (Å²) in [5.41, 5.74) is 7.28. The number of benzene rings is 2. The predicted octanol–water partition coefficient (Wildman–Crippen LogP) is 7.81. The highest BCUT2D eigenvalue weighted by molar-refractivity contribution is 6.31. The second-order valence-corrected chi connectivity index (χ2v) is 8.66. The minimum absolute atomic E-state index is 0.268. The summed E-state index contributed by atoms with van der Waals surface area (Å²) in [5, 5.41) is 1.43. The van der Waals surface area contributed by atoms with E-state index in [0.717, 1.165) is 34.0 Å². The predicted molar refractivity (Wildman–Crippen MR) is 128 cm³/mol. The van der Waals surface area contributed by atoms with Crippen LogP contribution in [-0.4, -0.2) is 5.78 Å². The van der Waals surface area contributed by atoms with Crippen molar-refractivity contribution in [3.05, 3.63) is 105 Å². The van der Waals surface area contributed by atoms with E-state index >= 15 is 0 Å². The highest BCUT2D eigenvalue weighted by Gasteiger charge is 2.14. The molecule has 4 rings (SSSR count). The average Bonchev–Trinajstić information content (AvgIpc) is 3.45. The highest BCUT2D eigenvalue weighted by atomic mass is 35.5. The smallest absolute Gasteiger partial charge is 0.133 e. The molecule has 0 N–H and O–H groups in total. The third-order valence-electron chi connectivity index (χ3n) is 5.72. The fraction of sp³-hybridized carbons (Fsp3) is 0.222.